The molecule has 0 aliphatic carbocycles. The van der Waals surface area contributed by atoms with E-state index < -0.39 is 0 Å². The molecule has 2 heterocycles. The molecule has 1 unspecified atom stereocenters. The number of halogens is 1. The molecule has 0 amide bonds. The topological polar surface area (TPSA) is 87.8 Å². The maximum Gasteiger partial charge on any atom is 0.228 e. The van der Waals surface area contributed by atoms with E-state index in [0.717, 1.165) is 31.3 Å². The molecular weight excluding hydrogens is 495 g/mol. The van der Waals surface area contributed by atoms with Gasteiger partial charge in [0, 0.05) is 25.1 Å². The standard InChI is InChI=1S/C21H32N6O2.HI/c1-4-22-21(23-12-11-20-25-16(2)26-29-20)24-15-18(27-13-7-8-14-27)17-9-5-6-10-19(17)28-3;/h5-6,9-10,18H,4,7-8,11-15H2,1-3H3,(H2,22,23,24);1H. The van der Waals surface area contributed by atoms with Gasteiger partial charge in [0.1, 0.15) is 5.75 Å². The Morgan fingerprint density at radius 3 is 2.70 bits per heavy atom. The second-order valence-corrected chi connectivity index (χ2v) is 7.13. The number of aryl methyl sites for hydroxylation is 1. The first-order valence-corrected chi connectivity index (χ1v) is 10.4. The fourth-order valence-electron chi connectivity index (χ4n) is 3.65. The molecule has 0 spiro atoms. The van der Waals surface area contributed by atoms with Crippen LogP contribution >= 0.6 is 24.0 Å². The van der Waals surface area contributed by atoms with E-state index in [-0.39, 0.29) is 30.0 Å². The third kappa shape index (κ3) is 6.83. The van der Waals surface area contributed by atoms with Crippen LogP contribution in [0.4, 0.5) is 0 Å². The second-order valence-electron chi connectivity index (χ2n) is 7.13. The van der Waals surface area contributed by atoms with Gasteiger partial charge in [0.15, 0.2) is 11.8 Å². The van der Waals surface area contributed by atoms with Crippen LogP contribution in [-0.4, -0.2) is 60.8 Å². The van der Waals surface area contributed by atoms with Crippen molar-refractivity contribution in [1.82, 2.24) is 25.7 Å². The van der Waals surface area contributed by atoms with Crippen molar-refractivity contribution in [1.29, 1.82) is 0 Å². The molecule has 1 aromatic carbocycles. The van der Waals surface area contributed by atoms with Crippen LogP contribution in [0.5, 0.6) is 5.75 Å². The maximum absolute atomic E-state index is 5.63. The average molecular weight is 528 g/mol. The van der Waals surface area contributed by atoms with Crippen molar-refractivity contribution < 1.29 is 9.26 Å². The van der Waals surface area contributed by atoms with Crippen LogP contribution in [0.25, 0.3) is 0 Å². The van der Waals surface area contributed by atoms with Crippen molar-refractivity contribution in [2.75, 3.05) is 39.8 Å². The molecule has 166 valence electrons. The normalized spacial score (nSPS) is 15.5. The summed E-state index contributed by atoms with van der Waals surface area (Å²) in [5.74, 6) is 3.01. The van der Waals surface area contributed by atoms with E-state index in [1.165, 1.54) is 18.4 Å². The zero-order valence-corrected chi connectivity index (χ0v) is 20.4. The van der Waals surface area contributed by atoms with Gasteiger partial charge < -0.3 is 19.9 Å². The fraction of sp³-hybridized carbons (Fsp3) is 0.571. The second kappa shape index (κ2) is 12.7. The Bertz CT molecular complexity index is 791. The van der Waals surface area contributed by atoms with Crippen LogP contribution in [-0.2, 0) is 6.42 Å². The first-order valence-electron chi connectivity index (χ1n) is 10.4. The monoisotopic (exact) mass is 528 g/mol. The maximum atomic E-state index is 5.63. The Kier molecular flexibility index (Phi) is 10.4. The van der Waals surface area contributed by atoms with E-state index in [2.05, 4.69) is 44.7 Å². The summed E-state index contributed by atoms with van der Waals surface area (Å²) in [6.45, 7) is 8.22. The number of rotatable bonds is 9. The number of ether oxygens (including phenoxy) is 1. The molecular formula is C21H33IN6O2. The van der Waals surface area contributed by atoms with E-state index in [0.29, 0.717) is 31.2 Å². The number of likely N-dealkylation sites (tertiary alicyclic amines) is 1. The Labute approximate surface area is 195 Å². The first-order chi connectivity index (χ1) is 14.2. The Hall–Kier alpha value is -1.88. The van der Waals surface area contributed by atoms with E-state index in [9.17, 15) is 0 Å². The predicted octanol–water partition coefficient (Wildman–Crippen LogP) is 2.94. The third-order valence-electron chi connectivity index (χ3n) is 5.05. The molecule has 1 saturated heterocycles. The van der Waals surface area contributed by atoms with E-state index in [4.69, 9.17) is 14.3 Å². The SMILES string of the molecule is CCNC(=NCC(c1ccccc1OC)N1CCCC1)NCCc1nc(C)no1.I. The largest absolute Gasteiger partial charge is 0.496 e. The summed E-state index contributed by atoms with van der Waals surface area (Å²) < 4.78 is 10.8. The molecule has 2 N–H and O–H groups in total. The highest BCUT2D eigenvalue weighted by molar-refractivity contribution is 14.0. The number of benzene rings is 1. The van der Waals surface area contributed by atoms with Crippen LogP contribution in [0, 0.1) is 6.92 Å². The van der Waals surface area contributed by atoms with Gasteiger partial charge in [-0.05, 0) is 45.8 Å². The van der Waals surface area contributed by atoms with Gasteiger partial charge >= 0.3 is 0 Å². The van der Waals surface area contributed by atoms with Crippen molar-refractivity contribution in [2.24, 2.45) is 4.99 Å². The minimum Gasteiger partial charge on any atom is -0.496 e. The highest BCUT2D eigenvalue weighted by Gasteiger charge is 2.25. The van der Waals surface area contributed by atoms with Crippen molar-refractivity contribution in [3.8, 4) is 5.75 Å². The summed E-state index contributed by atoms with van der Waals surface area (Å²) >= 11 is 0. The summed E-state index contributed by atoms with van der Waals surface area (Å²) in [7, 11) is 1.73. The van der Waals surface area contributed by atoms with Gasteiger partial charge in [-0.3, -0.25) is 9.89 Å². The molecule has 1 aliphatic rings. The summed E-state index contributed by atoms with van der Waals surface area (Å²) in [6, 6.07) is 8.45. The number of nitrogens with one attached hydrogen (secondary N) is 2. The molecule has 0 radical (unpaired) electrons. The van der Waals surface area contributed by atoms with Crippen molar-refractivity contribution >= 4 is 29.9 Å². The Balaban J connectivity index is 0.00000320. The van der Waals surface area contributed by atoms with Gasteiger partial charge in [-0.1, -0.05) is 23.4 Å². The Morgan fingerprint density at radius 1 is 1.27 bits per heavy atom. The van der Waals surface area contributed by atoms with Crippen molar-refractivity contribution in [2.45, 2.75) is 39.2 Å². The van der Waals surface area contributed by atoms with Crippen molar-refractivity contribution in [3.63, 3.8) is 0 Å². The van der Waals surface area contributed by atoms with Gasteiger partial charge in [0.2, 0.25) is 5.89 Å². The molecule has 0 bridgehead atoms. The van der Waals surface area contributed by atoms with Gasteiger partial charge in [-0.2, -0.15) is 4.98 Å². The van der Waals surface area contributed by atoms with Crippen LogP contribution in [0.3, 0.4) is 0 Å². The molecule has 1 atom stereocenters. The molecule has 30 heavy (non-hydrogen) atoms. The molecule has 2 aromatic rings. The fourth-order valence-corrected chi connectivity index (χ4v) is 3.65. The molecule has 8 nitrogen and oxygen atoms in total. The van der Waals surface area contributed by atoms with Gasteiger partial charge in [-0.15, -0.1) is 24.0 Å². The van der Waals surface area contributed by atoms with Gasteiger partial charge in [0.25, 0.3) is 0 Å². The summed E-state index contributed by atoms with van der Waals surface area (Å²) in [5.41, 5.74) is 1.19. The molecule has 0 saturated carbocycles. The number of aromatic nitrogens is 2. The summed E-state index contributed by atoms with van der Waals surface area (Å²) in [4.78, 5) is 11.6. The lowest BCUT2D eigenvalue weighted by atomic mass is 10.0. The van der Waals surface area contributed by atoms with Crippen LogP contribution in [0.15, 0.2) is 33.8 Å². The zero-order valence-electron chi connectivity index (χ0n) is 18.1. The number of hydrogen-bond donors (Lipinski definition) is 2. The van der Waals surface area contributed by atoms with Crippen LogP contribution in [0.2, 0.25) is 0 Å². The number of nitrogens with zero attached hydrogens (tertiary/aromatic N) is 4. The molecule has 1 fully saturated rings. The zero-order chi connectivity index (χ0) is 20.5. The van der Waals surface area contributed by atoms with Crippen LogP contribution < -0.4 is 15.4 Å². The van der Waals surface area contributed by atoms with E-state index in [1.807, 2.05) is 19.1 Å². The molecule has 1 aliphatic heterocycles. The molecule has 1 aromatic heterocycles. The van der Waals surface area contributed by atoms with E-state index >= 15 is 0 Å². The quantitative estimate of drug-likeness (QED) is 0.294. The lowest BCUT2D eigenvalue weighted by molar-refractivity contribution is 0.245. The van der Waals surface area contributed by atoms with Crippen molar-refractivity contribution in [3.05, 3.63) is 41.5 Å². The number of guanidine groups is 1. The third-order valence-corrected chi connectivity index (χ3v) is 5.05. The Morgan fingerprint density at radius 2 is 2.03 bits per heavy atom. The first kappa shape index (κ1) is 24.4. The van der Waals surface area contributed by atoms with E-state index in [1.54, 1.807) is 7.11 Å². The smallest absolute Gasteiger partial charge is 0.228 e. The minimum absolute atomic E-state index is 0. The minimum atomic E-state index is 0. The number of aliphatic imine (C=N–C) groups is 1. The van der Waals surface area contributed by atoms with Gasteiger partial charge in [-0.25, -0.2) is 0 Å². The lowest BCUT2D eigenvalue weighted by Gasteiger charge is -2.28. The predicted molar refractivity (Wildman–Crippen MR) is 129 cm³/mol. The number of para-hydroxylation sites is 1. The highest BCUT2D eigenvalue weighted by atomic mass is 127. The summed E-state index contributed by atoms with van der Waals surface area (Å²) in [6.07, 6.45) is 3.13. The highest BCUT2D eigenvalue weighted by Crippen LogP contribution is 2.31. The van der Waals surface area contributed by atoms with Crippen LogP contribution in [0.1, 0.15) is 43.1 Å². The lowest BCUT2D eigenvalue weighted by Crippen LogP contribution is -2.39. The number of methoxy groups -OCH3 is 1. The average Bonchev–Trinajstić information content (AvgIpc) is 3.40. The van der Waals surface area contributed by atoms with Gasteiger partial charge in [0.05, 0.1) is 19.7 Å². The molecule has 9 heteroatoms. The summed E-state index contributed by atoms with van der Waals surface area (Å²) in [5, 5.41) is 10.5. The number of hydrogen-bond acceptors (Lipinski definition) is 6. The molecule has 3 rings (SSSR count).